The van der Waals surface area contributed by atoms with Crippen LogP contribution in [-0.2, 0) is 6.42 Å². The molecule has 1 aliphatic rings. The van der Waals surface area contributed by atoms with Crippen LogP contribution in [0.2, 0.25) is 0 Å². The highest BCUT2D eigenvalue weighted by Gasteiger charge is 2.28. The Bertz CT molecular complexity index is 405. The van der Waals surface area contributed by atoms with Crippen LogP contribution in [0, 0.1) is 23.5 Å². The predicted molar refractivity (Wildman–Crippen MR) is 69.2 cm³/mol. The minimum absolute atomic E-state index is 0.121. The molecule has 3 atom stereocenters. The molecule has 0 heterocycles. The zero-order valence-electron chi connectivity index (χ0n) is 10.8. The first kappa shape index (κ1) is 13.5. The molecule has 0 radical (unpaired) electrons. The van der Waals surface area contributed by atoms with Gasteiger partial charge in [0, 0.05) is 6.04 Å². The molecule has 100 valence electrons. The molecule has 3 unspecified atom stereocenters. The maximum absolute atomic E-state index is 13.6. The lowest BCUT2D eigenvalue weighted by Gasteiger charge is -2.34. The molecular weight excluding hydrogens is 232 g/mol. The minimum atomic E-state index is -0.760. The van der Waals surface area contributed by atoms with Crippen molar-refractivity contribution in [3.05, 3.63) is 35.4 Å². The number of halogens is 2. The van der Waals surface area contributed by atoms with Gasteiger partial charge < -0.3 is 5.73 Å². The molecule has 0 aliphatic heterocycles. The van der Waals surface area contributed by atoms with E-state index >= 15 is 0 Å². The second-order valence-electron chi connectivity index (χ2n) is 5.43. The van der Waals surface area contributed by atoms with Crippen molar-refractivity contribution in [1.29, 1.82) is 0 Å². The van der Waals surface area contributed by atoms with Gasteiger partial charge in [-0.05, 0) is 49.1 Å². The van der Waals surface area contributed by atoms with Crippen molar-refractivity contribution < 1.29 is 8.78 Å². The third-order valence-electron chi connectivity index (χ3n) is 4.24. The molecule has 1 aromatic rings. The van der Waals surface area contributed by atoms with Gasteiger partial charge in [0.2, 0.25) is 0 Å². The van der Waals surface area contributed by atoms with Gasteiger partial charge in [0.1, 0.15) is 0 Å². The largest absolute Gasteiger partial charge is 0.327 e. The van der Waals surface area contributed by atoms with Crippen LogP contribution in [0.3, 0.4) is 0 Å². The highest BCUT2D eigenvalue weighted by atomic mass is 19.2. The Morgan fingerprint density at radius 1 is 1.28 bits per heavy atom. The Morgan fingerprint density at radius 2 is 2.06 bits per heavy atom. The van der Waals surface area contributed by atoms with Gasteiger partial charge in [0.05, 0.1) is 0 Å². The van der Waals surface area contributed by atoms with Crippen LogP contribution in [0.1, 0.15) is 38.2 Å². The Morgan fingerprint density at radius 3 is 2.78 bits per heavy atom. The topological polar surface area (TPSA) is 26.0 Å². The van der Waals surface area contributed by atoms with Crippen LogP contribution in [-0.4, -0.2) is 6.04 Å². The minimum Gasteiger partial charge on any atom is -0.327 e. The molecule has 0 bridgehead atoms. The van der Waals surface area contributed by atoms with Crippen molar-refractivity contribution in [2.75, 3.05) is 0 Å². The van der Waals surface area contributed by atoms with Gasteiger partial charge in [-0.2, -0.15) is 0 Å². The van der Waals surface area contributed by atoms with E-state index in [9.17, 15) is 8.78 Å². The van der Waals surface area contributed by atoms with Crippen molar-refractivity contribution in [3.8, 4) is 0 Å². The molecule has 0 aromatic heterocycles. The van der Waals surface area contributed by atoms with Crippen LogP contribution in [0.4, 0.5) is 8.78 Å². The van der Waals surface area contributed by atoms with Gasteiger partial charge in [0.15, 0.2) is 11.6 Å². The Labute approximate surface area is 107 Å². The fourth-order valence-corrected chi connectivity index (χ4v) is 2.98. The van der Waals surface area contributed by atoms with Gasteiger partial charge >= 0.3 is 0 Å². The van der Waals surface area contributed by atoms with E-state index in [1.807, 2.05) is 0 Å². The van der Waals surface area contributed by atoms with E-state index in [1.54, 1.807) is 12.1 Å². The normalized spacial score (nSPS) is 28.3. The molecule has 18 heavy (non-hydrogen) atoms. The Kier molecular flexibility index (Phi) is 4.33. The molecule has 2 N–H and O–H groups in total. The smallest absolute Gasteiger partial charge is 0.162 e. The van der Waals surface area contributed by atoms with E-state index < -0.39 is 11.6 Å². The quantitative estimate of drug-likeness (QED) is 0.874. The summed E-state index contributed by atoms with van der Waals surface area (Å²) >= 11 is 0. The summed E-state index contributed by atoms with van der Waals surface area (Å²) in [5.41, 5.74) is 6.58. The molecule has 2 rings (SSSR count). The number of nitrogens with two attached hydrogens (primary N) is 1. The first-order valence-electron chi connectivity index (χ1n) is 6.80. The number of hydrogen-bond acceptors (Lipinski definition) is 1. The fraction of sp³-hybridized carbons (Fsp3) is 0.600. The van der Waals surface area contributed by atoms with Crippen LogP contribution in [0.15, 0.2) is 18.2 Å². The molecule has 1 nitrogen and oxygen atoms in total. The van der Waals surface area contributed by atoms with E-state index in [0.717, 1.165) is 25.3 Å². The fourth-order valence-electron chi connectivity index (χ4n) is 2.98. The van der Waals surface area contributed by atoms with E-state index in [4.69, 9.17) is 5.73 Å². The van der Waals surface area contributed by atoms with Crippen LogP contribution in [0.25, 0.3) is 0 Å². The third-order valence-corrected chi connectivity index (χ3v) is 4.24. The van der Waals surface area contributed by atoms with Crippen molar-refractivity contribution >= 4 is 0 Å². The summed E-state index contributed by atoms with van der Waals surface area (Å²) in [4.78, 5) is 0. The second kappa shape index (κ2) is 5.79. The summed E-state index contributed by atoms with van der Waals surface area (Å²) in [6.45, 7) is 2.18. The first-order valence-corrected chi connectivity index (χ1v) is 6.80. The third kappa shape index (κ3) is 2.89. The van der Waals surface area contributed by atoms with Gasteiger partial charge in [-0.25, -0.2) is 8.78 Å². The zero-order chi connectivity index (χ0) is 13.1. The number of rotatable bonds is 3. The molecule has 3 heteroatoms. The summed E-state index contributed by atoms with van der Waals surface area (Å²) in [6, 6.07) is 4.52. The lowest BCUT2D eigenvalue weighted by Crippen LogP contribution is -2.37. The van der Waals surface area contributed by atoms with Crippen molar-refractivity contribution in [1.82, 2.24) is 0 Å². The maximum Gasteiger partial charge on any atom is 0.162 e. The molecule has 0 spiro atoms. The maximum atomic E-state index is 13.6. The molecular formula is C15H21F2N. The Balaban J connectivity index is 2.09. The molecule has 1 aliphatic carbocycles. The lowest BCUT2D eigenvalue weighted by molar-refractivity contribution is 0.225. The second-order valence-corrected chi connectivity index (χ2v) is 5.43. The molecule has 1 aromatic carbocycles. The Hall–Kier alpha value is -0.960. The summed E-state index contributed by atoms with van der Waals surface area (Å²) in [7, 11) is 0. The van der Waals surface area contributed by atoms with Gasteiger partial charge in [-0.1, -0.05) is 25.5 Å². The average molecular weight is 253 g/mol. The van der Waals surface area contributed by atoms with Crippen LogP contribution < -0.4 is 5.73 Å². The predicted octanol–water partition coefficient (Wildman–Crippen LogP) is 3.66. The number of hydrogen-bond donors (Lipinski definition) is 1. The van der Waals surface area contributed by atoms with Crippen molar-refractivity contribution in [3.63, 3.8) is 0 Å². The molecule has 1 saturated carbocycles. The summed E-state index contributed by atoms with van der Waals surface area (Å²) in [5, 5.41) is 0. The van der Waals surface area contributed by atoms with Gasteiger partial charge in [-0.3, -0.25) is 0 Å². The van der Waals surface area contributed by atoms with E-state index in [2.05, 4.69) is 6.92 Å². The summed E-state index contributed by atoms with van der Waals surface area (Å²) in [5.74, 6) is -0.501. The summed E-state index contributed by atoms with van der Waals surface area (Å²) < 4.78 is 26.8. The van der Waals surface area contributed by atoms with E-state index in [1.165, 1.54) is 6.42 Å². The van der Waals surface area contributed by atoms with Crippen LogP contribution in [0.5, 0.6) is 0 Å². The first-order chi connectivity index (χ1) is 8.61. The SMILES string of the molecule is CCC1CCC(N)C(Cc2cccc(F)c2F)C1. The van der Waals surface area contributed by atoms with Crippen LogP contribution >= 0.6 is 0 Å². The highest BCUT2D eigenvalue weighted by molar-refractivity contribution is 5.20. The molecule has 0 saturated heterocycles. The molecule has 1 fully saturated rings. The van der Waals surface area contributed by atoms with Gasteiger partial charge in [0.25, 0.3) is 0 Å². The zero-order valence-corrected chi connectivity index (χ0v) is 10.8. The van der Waals surface area contributed by atoms with E-state index in [-0.39, 0.29) is 12.0 Å². The lowest BCUT2D eigenvalue weighted by atomic mass is 9.75. The standard InChI is InChI=1S/C15H21F2N/c1-2-10-6-7-14(18)12(8-10)9-11-4-3-5-13(16)15(11)17/h3-5,10,12,14H,2,6-9,18H2,1H3. The van der Waals surface area contributed by atoms with E-state index in [0.29, 0.717) is 17.9 Å². The highest BCUT2D eigenvalue weighted by Crippen LogP contribution is 2.33. The average Bonchev–Trinajstić information content (AvgIpc) is 2.37. The molecule has 0 amide bonds. The summed E-state index contributed by atoms with van der Waals surface area (Å²) in [6.07, 6.45) is 4.91. The van der Waals surface area contributed by atoms with Crippen molar-refractivity contribution in [2.24, 2.45) is 17.6 Å². The number of benzene rings is 1. The van der Waals surface area contributed by atoms with Crippen molar-refractivity contribution in [2.45, 2.75) is 45.1 Å². The monoisotopic (exact) mass is 253 g/mol. The van der Waals surface area contributed by atoms with Gasteiger partial charge in [-0.15, -0.1) is 0 Å².